The number of amides is 1. The summed E-state index contributed by atoms with van der Waals surface area (Å²) in [4.78, 5) is 22.9. The monoisotopic (exact) mass is 457 g/mol. The zero-order chi connectivity index (χ0) is 22.9. The number of hydrogen-bond donors (Lipinski definition) is 2. The molecule has 1 amide bonds. The van der Waals surface area contributed by atoms with Crippen molar-refractivity contribution in [3.05, 3.63) is 77.5 Å². The van der Waals surface area contributed by atoms with E-state index >= 15 is 0 Å². The van der Waals surface area contributed by atoms with E-state index in [9.17, 15) is 14.7 Å². The number of nitrogens with one attached hydrogen (secondary N) is 1. The second-order valence-electron chi connectivity index (χ2n) is 7.25. The summed E-state index contributed by atoms with van der Waals surface area (Å²) in [6.45, 7) is 5.54. The van der Waals surface area contributed by atoms with E-state index in [0.29, 0.717) is 12.2 Å². The maximum Gasteiger partial charge on any atom is 0.307 e. The Bertz CT molecular complexity index is 946. The standard InChI is InChI=1S/C24H27NO6S/c1-3-23(27)31-15-30-21(19-6-4-5-18(11-19)13-26)14-29-20-9-7-17(8-10-20)12-22-16(2)25-24(28)32-22/h4-11,21-22,26H,2-3,12-15H2,1H3,(H,25,28). The van der Waals surface area contributed by atoms with Gasteiger partial charge in [-0.3, -0.25) is 9.59 Å². The number of carbonyl (C=O) groups excluding carboxylic acids is 2. The van der Waals surface area contributed by atoms with Crippen molar-refractivity contribution in [3.63, 3.8) is 0 Å². The molecule has 1 saturated heterocycles. The van der Waals surface area contributed by atoms with Crippen LogP contribution < -0.4 is 10.1 Å². The van der Waals surface area contributed by atoms with Gasteiger partial charge in [0.2, 0.25) is 0 Å². The van der Waals surface area contributed by atoms with Crippen LogP contribution in [0.5, 0.6) is 5.75 Å². The summed E-state index contributed by atoms with van der Waals surface area (Å²) in [5.74, 6) is 0.322. The average Bonchev–Trinajstić information content (AvgIpc) is 3.13. The third-order valence-corrected chi connectivity index (χ3v) is 5.98. The Balaban J connectivity index is 1.60. The minimum absolute atomic E-state index is 0.0247. The molecule has 3 rings (SSSR count). The minimum atomic E-state index is -0.485. The lowest BCUT2D eigenvalue weighted by Crippen LogP contribution is -2.17. The highest BCUT2D eigenvalue weighted by Gasteiger charge is 2.26. The first kappa shape index (κ1) is 23.8. The van der Waals surface area contributed by atoms with Crippen LogP contribution in [0.15, 0.2) is 60.8 Å². The minimum Gasteiger partial charge on any atom is -0.491 e. The van der Waals surface area contributed by atoms with Crippen LogP contribution in [-0.2, 0) is 27.3 Å². The van der Waals surface area contributed by atoms with Gasteiger partial charge in [0.15, 0.2) is 6.79 Å². The van der Waals surface area contributed by atoms with Gasteiger partial charge in [-0.25, -0.2) is 0 Å². The topological polar surface area (TPSA) is 94.1 Å². The van der Waals surface area contributed by atoms with Gasteiger partial charge in [-0.1, -0.05) is 61.7 Å². The molecule has 2 N–H and O–H groups in total. The summed E-state index contributed by atoms with van der Waals surface area (Å²) >= 11 is 1.25. The average molecular weight is 458 g/mol. The van der Waals surface area contributed by atoms with Gasteiger partial charge in [0.1, 0.15) is 18.5 Å². The van der Waals surface area contributed by atoms with Gasteiger partial charge in [0, 0.05) is 12.1 Å². The predicted octanol–water partition coefficient (Wildman–Crippen LogP) is 4.11. The summed E-state index contributed by atoms with van der Waals surface area (Å²) < 4.78 is 16.7. The predicted molar refractivity (Wildman–Crippen MR) is 122 cm³/mol. The van der Waals surface area contributed by atoms with E-state index in [1.54, 1.807) is 6.92 Å². The van der Waals surface area contributed by atoms with E-state index in [-0.39, 0.29) is 42.9 Å². The van der Waals surface area contributed by atoms with Gasteiger partial charge in [-0.2, -0.15) is 0 Å². The Morgan fingerprint density at radius 3 is 2.66 bits per heavy atom. The molecule has 0 radical (unpaired) electrons. The lowest BCUT2D eigenvalue weighted by atomic mass is 10.1. The van der Waals surface area contributed by atoms with Crippen LogP contribution in [0.3, 0.4) is 0 Å². The third-order valence-electron chi connectivity index (χ3n) is 4.93. The molecule has 1 heterocycles. The highest BCUT2D eigenvalue weighted by atomic mass is 32.2. The van der Waals surface area contributed by atoms with E-state index in [2.05, 4.69) is 11.9 Å². The summed E-state index contributed by atoms with van der Waals surface area (Å²) in [5.41, 5.74) is 3.37. The number of aliphatic hydroxyl groups excluding tert-OH is 1. The van der Waals surface area contributed by atoms with Crippen LogP contribution in [0.4, 0.5) is 4.79 Å². The van der Waals surface area contributed by atoms with Gasteiger partial charge in [0.05, 0.1) is 11.9 Å². The Morgan fingerprint density at radius 2 is 2.00 bits per heavy atom. The van der Waals surface area contributed by atoms with Crippen LogP contribution >= 0.6 is 11.8 Å². The first-order valence-corrected chi connectivity index (χ1v) is 11.2. The van der Waals surface area contributed by atoms with Crippen molar-refractivity contribution in [2.45, 2.75) is 37.7 Å². The fraction of sp³-hybridized carbons (Fsp3) is 0.333. The quantitative estimate of drug-likeness (QED) is 0.387. The van der Waals surface area contributed by atoms with Crippen LogP contribution in [-0.4, -0.2) is 35.0 Å². The molecule has 1 aliphatic rings. The van der Waals surface area contributed by atoms with Gasteiger partial charge in [-0.15, -0.1) is 0 Å². The molecule has 0 spiro atoms. The second kappa shape index (κ2) is 11.7. The van der Waals surface area contributed by atoms with E-state index in [1.165, 1.54) is 11.8 Å². The van der Waals surface area contributed by atoms with E-state index in [1.807, 2.05) is 48.5 Å². The molecule has 0 aliphatic carbocycles. The number of benzene rings is 2. The molecule has 7 nitrogen and oxygen atoms in total. The van der Waals surface area contributed by atoms with Gasteiger partial charge >= 0.3 is 5.97 Å². The number of thioether (sulfide) groups is 1. The van der Waals surface area contributed by atoms with Crippen LogP contribution in [0.25, 0.3) is 0 Å². The van der Waals surface area contributed by atoms with Crippen molar-refractivity contribution in [2.75, 3.05) is 13.4 Å². The molecule has 2 aromatic rings. The molecule has 2 atom stereocenters. The summed E-state index contributed by atoms with van der Waals surface area (Å²) in [6.07, 6.45) is 0.486. The lowest BCUT2D eigenvalue weighted by molar-refractivity contribution is -0.162. The molecular formula is C24H27NO6S. The molecular weight excluding hydrogens is 430 g/mol. The fourth-order valence-corrected chi connectivity index (χ4v) is 4.06. The summed E-state index contributed by atoms with van der Waals surface area (Å²) in [5, 5.41) is 12.1. The molecule has 0 saturated carbocycles. The van der Waals surface area contributed by atoms with Crippen molar-refractivity contribution in [1.29, 1.82) is 0 Å². The zero-order valence-electron chi connectivity index (χ0n) is 17.9. The van der Waals surface area contributed by atoms with Crippen LogP contribution in [0.2, 0.25) is 0 Å². The molecule has 0 aromatic heterocycles. The maximum absolute atomic E-state index is 11.5. The van der Waals surface area contributed by atoms with Crippen molar-refractivity contribution >= 4 is 23.0 Å². The Hall–Kier alpha value is -2.81. The van der Waals surface area contributed by atoms with Crippen molar-refractivity contribution in [1.82, 2.24) is 5.32 Å². The van der Waals surface area contributed by atoms with Crippen molar-refractivity contribution in [2.24, 2.45) is 0 Å². The Kier molecular flexibility index (Phi) is 8.72. The third kappa shape index (κ3) is 6.85. The van der Waals surface area contributed by atoms with Gasteiger partial charge < -0.3 is 24.6 Å². The van der Waals surface area contributed by atoms with E-state index < -0.39 is 6.10 Å². The first-order valence-electron chi connectivity index (χ1n) is 10.3. The van der Waals surface area contributed by atoms with Crippen LogP contribution in [0, 0.1) is 0 Å². The highest BCUT2D eigenvalue weighted by molar-refractivity contribution is 8.14. The number of hydrogen-bond acceptors (Lipinski definition) is 7. The molecule has 32 heavy (non-hydrogen) atoms. The molecule has 2 aromatic carbocycles. The molecule has 2 unspecified atom stereocenters. The molecule has 170 valence electrons. The van der Waals surface area contributed by atoms with E-state index in [4.69, 9.17) is 14.2 Å². The number of carbonyl (C=O) groups is 2. The molecule has 0 bridgehead atoms. The van der Waals surface area contributed by atoms with Crippen LogP contribution in [0.1, 0.15) is 36.1 Å². The summed E-state index contributed by atoms with van der Waals surface area (Å²) in [7, 11) is 0. The molecule has 1 fully saturated rings. The smallest absolute Gasteiger partial charge is 0.307 e. The zero-order valence-corrected chi connectivity index (χ0v) is 18.7. The number of rotatable bonds is 11. The number of esters is 1. The molecule has 8 heteroatoms. The molecule has 1 aliphatic heterocycles. The Labute approximate surface area is 191 Å². The summed E-state index contributed by atoms with van der Waals surface area (Å²) in [6, 6.07) is 15.0. The maximum atomic E-state index is 11.5. The number of aliphatic hydroxyl groups is 1. The lowest BCUT2D eigenvalue weighted by Gasteiger charge is -2.20. The first-order chi connectivity index (χ1) is 15.5. The van der Waals surface area contributed by atoms with Crippen molar-refractivity contribution in [3.8, 4) is 5.75 Å². The van der Waals surface area contributed by atoms with Gasteiger partial charge in [-0.05, 0) is 35.2 Å². The largest absolute Gasteiger partial charge is 0.491 e. The fourth-order valence-electron chi connectivity index (χ4n) is 3.13. The second-order valence-corrected chi connectivity index (χ2v) is 8.43. The SMILES string of the molecule is C=C1NC(=O)SC1Cc1ccc(OCC(OCOC(=O)CC)c2cccc(CO)c2)cc1. The van der Waals surface area contributed by atoms with Crippen molar-refractivity contribution < 1.29 is 28.9 Å². The van der Waals surface area contributed by atoms with Gasteiger partial charge in [0.25, 0.3) is 5.24 Å². The van der Waals surface area contributed by atoms with E-state index in [0.717, 1.165) is 22.4 Å². The highest BCUT2D eigenvalue weighted by Crippen LogP contribution is 2.29. The Morgan fingerprint density at radius 1 is 1.22 bits per heavy atom. The number of ether oxygens (including phenoxy) is 3. The normalized spacial score (nSPS) is 16.5.